The molecule has 9 nitrogen and oxygen atoms in total. The summed E-state index contributed by atoms with van der Waals surface area (Å²) in [6.07, 6.45) is 2.65. The Hall–Kier alpha value is -2.27. The van der Waals surface area contributed by atoms with Gasteiger partial charge in [0.25, 0.3) is 0 Å². The molecule has 1 N–H and O–H groups in total. The summed E-state index contributed by atoms with van der Waals surface area (Å²) in [7, 11) is -0.165. The number of aromatic nitrogens is 2. The van der Waals surface area contributed by atoms with Crippen molar-refractivity contribution < 1.29 is 18.5 Å². The third-order valence-electron chi connectivity index (χ3n) is 8.52. The number of hydrogen-bond acceptors (Lipinski definition) is 7. The summed E-state index contributed by atoms with van der Waals surface area (Å²) >= 11 is 0. The van der Waals surface area contributed by atoms with Crippen molar-refractivity contribution in [2.75, 3.05) is 20.1 Å². The van der Waals surface area contributed by atoms with Crippen molar-refractivity contribution in [1.82, 2.24) is 25.5 Å². The van der Waals surface area contributed by atoms with E-state index in [-0.39, 0.29) is 34.7 Å². The number of benzene rings is 1. The van der Waals surface area contributed by atoms with Gasteiger partial charge in [0.05, 0.1) is 6.04 Å². The molecule has 1 saturated carbocycles. The van der Waals surface area contributed by atoms with Crippen LogP contribution >= 0.6 is 0 Å². The number of hydrogen-bond donors (Lipinski definition) is 1. The highest BCUT2D eigenvalue weighted by atomic mass is 28.4. The minimum atomic E-state index is -2.06. The van der Waals surface area contributed by atoms with E-state index in [0.29, 0.717) is 31.5 Å². The second-order valence-corrected chi connectivity index (χ2v) is 16.8. The number of urea groups is 1. The van der Waals surface area contributed by atoms with E-state index in [1.807, 2.05) is 42.3 Å². The topological polar surface area (TPSA) is 93.0 Å². The smallest absolute Gasteiger partial charge is 0.345 e. The number of piperidine rings is 1. The molecule has 1 unspecified atom stereocenters. The summed E-state index contributed by atoms with van der Waals surface area (Å²) in [6, 6.07) is 9.66. The van der Waals surface area contributed by atoms with Crippen molar-refractivity contribution in [3.8, 4) is 0 Å². The Morgan fingerprint density at radius 1 is 1.22 bits per heavy atom. The standard InChI is InChI=1S/C26H39N5O4Si/c1-25(2,3)36(5,6)35-20(15-27-4)23-29-28-22(34-23)19-14-26(12-13-26)21-16-30(19)24(32)31(21)33-17-18-10-8-7-9-11-18/h7-11,19-21,27H,12-17H2,1-6H3/t19-,20?,21-/m0/s1. The van der Waals surface area contributed by atoms with Crippen LogP contribution in [0.4, 0.5) is 4.79 Å². The number of nitrogens with zero attached hydrogens (tertiary/aromatic N) is 4. The van der Waals surface area contributed by atoms with Gasteiger partial charge in [-0.3, -0.25) is 4.84 Å². The third kappa shape index (κ3) is 4.60. The Labute approximate surface area is 214 Å². The lowest BCUT2D eigenvalue weighted by molar-refractivity contribution is -0.153. The Morgan fingerprint density at radius 3 is 2.58 bits per heavy atom. The van der Waals surface area contributed by atoms with Crippen molar-refractivity contribution in [3.63, 3.8) is 0 Å². The van der Waals surface area contributed by atoms with Gasteiger partial charge in [-0.05, 0) is 55.4 Å². The molecule has 5 rings (SSSR count). The zero-order valence-corrected chi connectivity index (χ0v) is 23.3. The van der Waals surface area contributed by atoms with Crippen LogP contribution in [-0.4, -0.2) is 60.7 Å². The average Bonchev–Trinajstić information content (AvgIpc) is 3.30. The molecule has 10 heteroatoms. The maximum absolute atomic E-state index is 13.5. The van der Waals surface area contributed by atoms with Crippen molar-refractivity contribution in [3.05, 3.63) is 47.7 Å². The highest BCUT2D eigenvalue weighted by Crippen LogP contribution is 2.61. The van der Waals surface area contributed by atoms with Gasteiger partial charge in [-0.25, -0.2) is 4.79 Å². The van der Waals surface area contributed by atoms with E-state index >= 15 is 0 Å². The first-order chi connectivity index (χ1) is 17.0. The minimum absolute atomic E-state index is 0.0562. The van der Waals surface area contributed by atoms with Crippen LogP contribution in [0.2, 0.25) is 18.1 Å². The summed E-state index contributed by atoms with van der Waals surface area (Å²) in [5.41, 5.74) is 1.10. The fourth-order valence-electron chi connectivity index (χ4n) is 5.12. The molecule has 2 saturated heterocycles. The van der Waals surface area contributed by atoms with Gasteiger partial charge in [-0.15, -0.1) is 10.2 Å². The number of rotatable bonds is 9. The molecule has 2 amide bonds. The SMILES string of the molecule is CNCC(O[Si](C)(C)C(C)(C)C)c1nnc([C@@H]2CC3(CC3)[C@@H]3CN2C(=O)N3OCc2ccccc2)o1. The second kappa shape index (κ2) is 9.23. The molecule has 1 spiro atoms. The highest BCUT2D eigenvalue weighted by molar-refractivity contribution is 6.74. The maximum atomic E-state index is 13.5. The van der Waals surface area contributed by atoms with Crippen LogP contribution in [-0.2, 0) is 15.9 Å². The molecular weight excluding hydrogens is 474 g/mol. The van der Waals surface area contributed by atoms with Crippen molar-refractivity contribution in [1.29, 1.82) is 0 Å². The lowest BCUT2D eigenvalue weighted by Gasteiger charge is -2.38. The summed E-state index contributed by atoms with van der Waals surface area (Å²) < 4.78 is 12.9. The average molecular weight is 514 g/mol. The fourth-order valence-corrected chi connectivity index (χ4v) is 6.37. The first-order valence-corrected chi connectivity index (χ1v) is 15.9. The lowest BCUT2D eigenvalue weighted by Crippen LogP contribution is -2.43. The van der Waals surface area contributed by atoms with Crippen LogP contribution in [0.15, 0.2) is 34.7 Å². The molecule has 2 aliphatic heterocycles. The predicted octanol–water partition coefficient (Wildman–Crippen LogP) is 4.81. The van der Waals surface area contributed by atoms with Gasteiger partial charge in [0.1, 0.15) is 18.8 Å². The molecule has 3 heterocycles. The van der Waals surface area contributed by atoms with Gasteiger partial charge in [0.2, 0.25) is 11.8 Å². The number of carbonyl (C=O) groups is 1. The van der Waals surface area contributed by atoms with E-state index in [9.17, 15) is 4.79 Å². The van der Waals surface area contributed by atoms with Crippen molar-refractivity contribution >= 4 is 14.3 Å². The first-order valence-electron chi connectivity index (χ1n) is 13.0. The largest absolute Gasteiger partial charge is 0.420 e. The van der Waals surface area contributed by atoms with Gasteiger partial charge < -0.3 is 19.1 Å². The van der Waals surface area contributed by atoms with Gasteiger partial charge in [0, 0.05) is 13.1 Å². The van der Waals surface area contributed by atoms with Gasteiger partial charge in [0.15, 0.2) is 8.32 Å². The molecule has 1 aliphatic carbocycles. The quantitative estimate of drug-likeness (QED) is 0.481. The van der Waals surface area contributed by atoms with E-state index in [4.69, 9.17) is 13.7 Å². The minimum Gasteiger partial charge on any atom is -0.420 e. The third-order valence-corrected chi connectivity index (χ3v) is 13.0. The zero-order valence-electron chi connectivity index (χ0n) is 22.3. The zero-order chi connectivity index (χ0) is 25.7. The summed E-state index contributed by atoms with van der Waals surface area (Å²) in [6.45, 7) is 12.7. The molecule has 3 fully saturated rings. The molecule has 36 heavy (non-hydrogen) atoms. The summed E-state index contributed by atoms with van der Waals surface area (Å²) in [4.78, 5) is 21.4. The molecule has 3 atom stereocenters. The van der Waals surface area contributed by atoms with Crippen LogP contribution in [0.5, 0.6) is 0 Å². The Balaban J connectivity index is 1.34. The summed E-state index contributed by atoms with van der Waals surface area (Å²) in [5.74, 6) is 0.966. The van der Waals surface area contributed by atoms with E-state index < -0.39 is 8.32 Å². The van der Waals surface area contributed by atoms with Crippen molar-refractivity contribution in [2.24, 2.45) is 5.41 Å². The molecule has 1 aromatic heterocycles. The maximum Gasteiger partial charge on any atom is 0.345 e. The number of likely N-dealkylation sites (N-methyl/N-ethyl adjacent to an activating group) is 1. The van der Waals surface area contributed by atoms with E-state index in [0.717, 1.165) is 24.8 Å². The lowest BCUT2D eigenvalue weighted by atomic mass is 9.85. The van der Waals surface area contributed by atoms with E-state index in [1.165, 1.54) is 0 Å². The van der Waals surface area contributed by atoms with Crippen LogP contribution in [0.1, 0.15) is 69.5 Å². The van der Waals surface area contributed by atoms with Gasteiger partial charge >= 0.3 is 6.03 Å². The Morgan fingerprint density at radius 2 is 1.94 bits per heavy atom. The highest BCUT2D eigenvalue weighted by Gasteiger charge is 2.64. The Kier molecular flexibility index (Phi) is 6.51. The number of nitrogens with one attached hydrogen (secondary N) is 1. The molecule has 3 aliphatic rings. The Bertz CT molecular complexity index is 1080. The number of hydroxylamine groups is 2. The van der Waals surface area contributed by atoms with Gasteiger partial charge in [-0.1, -0.05) is 51.1 Å². The monoisotopic (exact) mass is 513 g/mol. The molecule has 0 radical (unpaired) electrons. The van der Waals surface area contributed by atoms with Crippen LogP contribution in [0.25, 0.3) is 0 Å². The second-order valence-electron chi connectivity index (χ2n) is 12.0. The van der Waals surface area contributed by atoms with E-state index in [2.05, 4.69) is 49.4 Å². The molecular formula is C26H39N5O4Si. The van der Waals surface area contributed by atoms with E-state index in [1.54, 1.807) is 5.06 Å². The number of amides is 2. The fraction of sp³-hybridized carbons (Fsp3) is 0.654. The number of fused-ring (bicyclic) bond motifs is 3. The van der Waals surface area contributed by atoms with Crippen LogP contribution < -0.4 is 5.32 Å². The molecule has 2 aromatic rings. The van der Waals surface area contributed by atoms with Gasteiger partial charge in [-0.2, -0.15) is 5.06 Å². The molecule has 1 aromatic carbocycles. The first kappa shape index (κ1) is 25.4. The molecule has 2 bridgehead atoms. The normalized spacial score (nSPS) is 24.0. The predicted molar refractivity (Wildman–Crippen MR) is 137 cm³/mol. The van der Waals surface area contributed by atoms with Crippen molar-refractivity contribution in [2.45, 2.75) is 83.0 Å². The van der Waals surface area contributed by atoms with Crippen LogP contribution in [0.3, 0.4) is 0 Å². The number of carbonyl (C=O) groups excluding carboxylic acids is 1. The van der Waals surface area contributed by atoms with Crippen LogP contribution in [0, 0.1) is 5.41 Å². The summed E-state index contributed by atoms with van der Waals surface area (Å²) in [5, 5.41) is 13.7. The molecule has 196 valence electrons.